The Hall–Kier alpha value is -1.96. The molecule has 0 radical (unpaired) electrons. The van der Waals surface area contributed by atoms with Gasteiger partial charge in [0.1, 0.15) is 12.3 Å². The number of rotatable bonds is 5. The summed E-state index contributed by atoms with van der Waals surface area (Å²) in [5, 5.41) is 10.4. The minimum atomic E-state index is -4.51. The molecule has 0 aliphatic rings. The smallest absolute Gasteiger partial charge is 0.405 e. The SMILES string of the molecule is O=C(COc1ccc(Cl)c(C(=O)O)c1)NCC(F)(F)F. The predicted octanol–water partition coefficient (Wildman–Crippen LogP) is 2.10. The number of carbonyl (C=O) groups is 2. The van der Waals surface area contributed by atoms with E-state index in [1.54, 1.807) is 5.32 Å². The zero-order valence-electron chi connectivity index (χ0n) is 9.83. The molecule has 5 nitrogen and oxygen atoms in total. The van der Waals surface area contributed by atoms with E-state index in [0.717, 1.165) is 6.07 Å². The molecule has 0 aliphatic carbocycles. The lowest BCUT2D eigenvalue weighted by Crippen LogP contribution is -2.36. The molecule has 1 rings (SSSR count). The lowest BCUT2D eigenvalue weighted by molar-refractivity contribution is -0.139. The van der Waals surface area contributed by atoms with E-state index in [4.69, 9.17) is 21.4 Å². The van der Waals surface area contributed by atoms with Gasteiger partial charge in [-0.3, -0.25) is 4.79 Å². The molecule has 0 bridgehead atoms. The highest BCUT2D eigenvalue weighted by molar-refractivity contribution is 6.33. The summed E-state index contributed by atoms with van der Waals surface area (Å²) in [6, 6.07) is 3.61. The fraction of sp³-hybridized carbons (Fsp3) is 0.273. The maximum atomic E-state index is 11.8. The van der Waals surface area contributed by atoms with Crippen LogP contribution in [0.3, 0.4) is 0 Å². The number of aromatic carboxylic acids is 1. The van der Waals surface area contributed by atoms with Crippen molar-refractivity contribution >= 4 is 23.5 Å². The monoisotopic (exact) mass is 311 g/mol. The summed E-state index contributed by atoms with van der Waals surface area (Å²) in [5.74, 6) is -2.26. The highest BCUT2D eigenvalue weighted by Gasteiger charge is 2.27. The molecular weight excluding hydrogens is 303 g/mol. The van der Waals surface area contributed by atoms with Crippen molar-refractivity contribution in [1.82, 2.24) is 5.32 Å². The zero-order valence-corrected chi connectivity index (χ0v) is 10.6. The molecule has 1 amide bonds. The van der Waals surface area contributed by atoms with Crippen molar-refractivity contribution in [2.24, 2.45) is 0 Å². The lowest BCUT2D eigenvalue weighted by Gasteiger charge is -2.10. The maximum absolute atomic E-state index is 11.8. The number of ether oxygens (including phenoxy) is 1. The standard InChI is InChI=1S/C11H9ClF3NO4/c12-8-2-1-6(3-7(8)10(18)19)20-4-9(17)16-5-11(13,14)15/h1-3H,4-5H2,(H,16,17)(H,18,19). The molecule has 0 spiro atoms. The molecule has 0 saturated heterocycles. The van der Waals surface area contributed by atoms with E-state index in [1.165, 1.54) is 12.1 Å². The van der Waals surface area contributed by atoms with Crippen molar-refractivity contribution in [1.29, 1.82) is 0 Å². The zero-order chi connectivity index (χ0) is 15.3. The average molecular weight is 312 g/mol. The number of nitrogens with one attached hydrogen (secondary N) is 1. The van der Waals surface area contributed by atoms with Crippen LogP contribution in [-0.2, 0) is 4.79 Å². The average Bonchev–Trinajstić information content (AvgIpc) is 2.34. The molecule has 0 atom stereocenters. The highest BCUT2D eigenvalue weighted by atomic mass is 35.5. The number of halogens is 4. The van der Waals surface area contributed by atoms with E-state index in [9.17, 15) is 22.8 Å². The largest absolute Gasteiger partial charge is 0.484 e. The van der Waals surface area contributed by atoms with E-state index < -0.39 is 31.2 Å². The Kier molecular flexibility index (Phi) is 5.20. The molecule has 0 fully saturated rings. The van der Waals surface area contributed by atoms with Gasteiger partial charge in [0.2, 0.25) is 0 Å². The molecule has 0 unspecified atom stereocenters. The first-order valence-electron chi connectivity index (χ1n) is 5.18. The summed E-state index contributed by atoms with van der Waals surface area (Å²) in [6.07, 6.45) is -4.51. The Labute approximate surface area is 116 Å². The Morgan fingerprint density at radius 3 is 2.55 bits per heavy atom. The number of benzene rings is 1. The van der Waals surface area contributed by atoms with Crippen LogP contribution in [0.5, 0.6) is 5.75 Å². The molecule has 0 aromatic heterocycles. The third kappa shape index (κ3) is 5.35. The summed E-state index contributed by atoms with van der Waals surface area (Å²) in [5.41, 5.74) is -0.236. The number of alkyl halides is 3. The van der Waals surface area contributed by atoms with Gasteiger partial charge in [0.25, 0.3) is 5.91 Å². The molecule has 1 aromatic carbocycles. The van der Waals surface area contributed by atoms with Gasteiger partial charge in [0, 0.05) is 0 Å². The number of hydrogen-bond donors (Lipinski definition) is 2. The summed E-state index contributed by atoms with van der Waals surface area (Å²) >= 11 is 5.61. The van der Waals surface area contributed by atoms with E-state index in [1.807, 2.05) is 0 Å². The molecule has 0 saturated carbocycles. The molecule has 20 heavy (non-hydrogen) atoms. The molecule has 110 valence electrons. The van der Waals surface area contributed by atoms with Crippen molar-refractivity contribution in [3.63, 3.8) is 0 Å². The van der Waals surface area contributed by atoms with Crippen molar-refractivity contribution in [2.45, 2.75) is 6.18 Å². The summed E-state index contributed by atoms with van der Waals surface area (Å²) in [6.45, 7) is -2.13. The highest BCUT2D eigenvalue weighted by Crippen LogP contribution is 2.22. The van der Waals surface area contributed by atoms with Gasteiger partial charge in [-0.15, -0.1) is 0 Å². The van der Waals surface area contributed by atoms with Crippen molar-refractivity contribution in [3.8, 4) is 5.75 Å². The summed E-state index contributed by atoms with van der Waals surface area (Å²) in [4.78, 5) is 21.9. The Bertz CT molecular complexity index is 519. The maximum Gasteiger partial charge on any atom is 0.405 e. The normalized spacial score (nSPS) is 11.0. The van der Waals surface area contributed by atoms with Gasteiger partial charge in [0.05, 0.1) is 10.6 Å². The van der Waals surface area contributed by atoms with Gasteiger partial charge in [-0.25, -0.2) is 4.79 Å². The molecular formula is C11H9ClF3NO4. The van der Waals surface area contributed by atoms with Gasteiger partial charge in [-0.1, -0.05) is 11.6 Å². The second kappa shape index (κ2) is 6.47. The first-order chi connectivity index (χ1) is 9.19. The van der Waals surface area contributed by atoms with Crippen molar-refractivity contribution in [3.05, 3.63) is 28.8 Å². The minimum Gasteiger partial charge on any atom is -0.484 e. The summed E-state index contributed by atoms with van der Waals surface area (Å²) in [7, 11) is 0. The number of carbonyl (C=O) groups excluding carboxylic acids is 1. The number of carboxylic acids is 1. The number of hydrogen-bond acceptors (Lipinski definition) is 3. The van der Waals surface area contributed by atoms with Gasteiger partial charge in [-0.2, -0.15) is 13.2 Å². The molecule has 0 heterocycles. The minimum absolute atomic E-state index is 0.00830. The van der Waals surface area contributed by atoms with Crippen LogP contribution in [0.4, 0.5) is 13.2 Å². The molecule has 0 aliphatic heterocycles. The van der Waals surface area contributed by atoms with E-state index in [0.29, 0.717) is 0 Å². The first-order valence-corrected chi connectivity index (χ1v) is 5.56. The van der Waals surface area contributed by atoms with Crippen LogP contribution >= 0.6 is 11.6 Å². The molecule has 1 aromatic rings. The van der Waals surface area contributed by atoms with Gasteiger partial charge >= 0.3 is 12.1 Å². The number of amides is 1. The van der Waals surface area contributed by atoms with Crippen LogP contribution in [0.25, 0.3) is 0 Å². The third-order valence-corrected chi connectivity index (χ3v) is 2.35. The van der Waals surface area contributed by atoms with Gasteiger partial charge in [0.15, 0.2) is 6.61 Å². The topological polar surface area (TPSA) is 75.6 Å². The molecule has 9 heteroatoms. The van der Waals surface area contributed by atoms with Crippen molar-refractivity contribution < 1.29 is 32.6 Å². The van der Waals surface area contributed by atoms with Gasteiger partial charge < -0.3 is 15.2 Å². The predicted molar refractivity (Wildman–Crippen MR) is 63.0 cm³/mol. The van der Waals surface area contributed by atoms with Crippen molar-refractivity contribution in [2.75, 3.05) is 13.2 Å². The Morgan fingerprint density at radius 1 is 1.35 bits per heavy atom. The number of carboxylic acid groups (broad SMARTS) is 1. The van der Waals surface area contributed by atoms with E-state index in [2.05, 4.69) is 0 Å². The van der Waals surface area contributed by atoms with E-state index >= 15 is 0 Å². The fourth-order valence-electron chi connectivity index (χ4n) is 1.16. The Balaban J connectivity index is 2.56. The third-order valence-electron chi connectivity index (χ3n) is 2.02. The second-order valence-electron chi connectivity index (χ2n) is 3.63. The van der Waals surface area contributed by atoms with E-state index in [-0.39, 0.29) is 16.3 Å². The Morgan fingerprint density at radius 2 is 2.00 bits per heavy atom. The van der Waals surface area contributed by atoms with Crippen LogP contribution in [0.1, 0.15) is 10.4 Å². The van der Waals surface area contributed by atoms with Gasteiger partial charge in [-0.05, 0) is 18.2 Å². The lowest BCUT2D eigenvalue weighted by atomic mass is 10.2. The van der Waals surface area contributed by atoms with Crippen LogP contribution < -0.4 is 10.1 Å². The summed E-state index contributed by atoms with van der Waals surface area (Å²) < 4.78 is 40.4. The fourth-order valence-corrected chi connectivity index (χ4v) is 1.36. The molecule has 2 N–H and O–H groups in total. The quantitative estimate of drug-likeness (QED) is 0.873. The van der Waals surface area contributed by atoms with Crippen LogP contribution in [0, 0.1) is 0 Å². The van der Waals surface area contributed by atoms with Crippen LogP contribution in [0.2, 0.25) is 5.02 Å². The van der Waals surface area contributed by atoms with Crippen LogP contribution in [0.15, 0.2) is 18.2 Å². The second-order valence-corrected chi connectivity index (χ2v) is 4.03. The first kappa shape index (κ1) is 16.1. The van der Waals surface area contributed by atoms with Crippen LogP contribution in [-0.4, -0.2) is 36.3 Å².